The largest absolute Gasteiger partial charge is 0.379 e. The van der Waals surface area contributed by atoms with Gasteiger partial charge in [0.25, 0.3) is 5.56 Å². The average molecular weight is 496 g/mol. The molecule has 3 heterocycles. The number of aromatic nitrogens is 5. The molecule has 1 aliphatic rings. The van der Waals surface area contributed by atoms with E-state index in [1.807, 2.05) is 22.9 Å². The zero-order chi connectivity index (χ0) is 25.9. The highest BCUT2D eigenvalue weighted by molar-refractivity contribution is 5.79. The number of tetrazole rings is 1. The first-order valence-electron chi connectivity index (χ1n) is 13.1. The normalized spacial score (nSPS) is 16.3. The lowest BCUT2D eigenvalue weighted by atomic mass is 9.98. The van der Waals surface area contributed by atoms with Gasteiger partial charge in [0.1, 0.15) is 0 Å². The number of aryl methyl sites for hydroxylation is 1. The van der Waals surface area contributed by atoms with Crippen molar-refractivity contribution in [1.82, 2.24) is 35.0 Å². The molecule has 1 saturated heterocycles. The van der Waals surface area contributed by atoms with Gasteiger partial charge in [0, 0.05) is 37.3 Å². The number of rotatable bonds is 9. The molecule has 4 rings (SSSR count). The number of nitrogens with one attached hydrogen (secondary N) is 1. The number of H-pyrrole nitrogens is 1. The maximum absolute atomic E-state index is 13.1. The van der Waals surface area contributed by atoms with Crippen molar-refractivity contribution >= 4 is 10.9 Å². The monoisotopic (exact) mass is 495 g/mol. The van der Waals surface area contributed by atoms with E-state index >= 15 is 0 Å². The molecule has 0 radical (unpaired) electrons. The van der Waals surface area contributed by atoms with Crippen LogP contribution in [0.2, 0.25) is 0 Å². The zero-order valence-electron chi connectivity index (χ0n) is 22.6. The van der Waals surface area contributed by atoms with Crippen molar-refractivity contribution in [3.05, 3.63) is 51.6 Å². The molecular formula is C27H41N7O2. The Morgan fingerprint density at radius 3 is 2.61 bits per heavy atom. The maximum atomic E-state index is 13.1. The predicted molar refractivity (Wildman–Crippen MR) is 142 cm³/mol. The van der Waals surface area contributed by atoms with Crippen molar-refractivity contribution in [2.45, 2.75) is 66.1 Å². The molecule has 1 N–H and O–H groups in total. The van der Waals surface area contributed by atoms with Gasteiger partial charge in [0.2, 0.25) is 0 Å². The van der Waals surface area contributed by atoms with Crippen LogP contribution in [-0.4, -0.2) is 74.4 Å². The van der Waals surface area contributed by atoms with Crippen molar-refractivity contribution in [2.24, 2.45) is 5.92 Å². The molecule has 1 atom stereocenters. The molecule has 2 aromatic heterocycles. The SMILES string of the molecule is Cc1ccc2[nH]c(=O)c(CN(CCCN3CCOCC3)C(c3nnnn3C(C)(C)C)C(C)C)cc2c1. The summed E-state index contributed by atoms with van der Waals surface area (Å²) < 4.78 is 7.44. The second-order valence-corrected chi connectivity index (χ2v) is 11.3. The summed E-state index contributed by atoms with van der Waals surface area (Å²) in [5, 5.41) is 13.9. The fourth-order valence-corrected chi connectivity index (χ4v) is 5.09. The lowest BCUT2D eigenvalue weighted by molar-refractivity contribution is 0.0340. The number of aromatic amines is 1. The van der Waals surface area contributed by atoms with Crippen LogP contribution in [0.15, 0.2) is 29.1 Å². The van der Waals surface area contributed by atoms with Crippen LogP contribution in [0.4, 0.5) is 0 Å². The molecule has 1 aromatic carbocycles. The van der Waals surface area contributed by atoms with Crippen LogP contribution in [0.5, 0.6) is 0 Å². The Kier molecular flexibility index (Phi) is 8.22. The van der Waals surface area contributed by atoms with Crippen LogP contribution in [0.1, 0.15) is 64.0 Å². The van der Waals surface area contributed by atoms with Gasteiger partial charge in [-0.2, -0.15) is 0 Å². The quantitative estimate of drug-likeness (QED) is 0.486. The predicted octanol–water partition coefficient (Wildman–Crippen LogP) is 3.50. The van der Waals surface area contributed by atoms with Crippen molar-refractivity contribution in [2.75, 3.05) is 39.4 Å². The number of nitrogens with zero attached hydrogens (tertiary/aromatic N) is 6. The maximum Gasteiger partial charge on any atom is 0.252 e. The summed E-state index contributed by atoms with van der Waals surface area (Å²) >= 11 is 0. The van der Waals surface area contributed by atoms with Crippen LogP contribution in [0.25, 0.3) is 10.9 Å². The molecule has 0 bridgehead atoms. The van der Waals surface area contributed by atoms with E-state index < -0.39 is 0 Å². The van der Waals surface area contributed by atoms with Crippen molar-refractivity contribution in [3.8, 4) is 0 Å². The molecule has 0 spiro atoms. The van der Waals surface area contributed by atoms with E-state index in [4.69, 9.17) is 4.74 Å². The number of pyridine rings is 1. The minimum atomic E-state index is -0.247. The Balaban J connectivity index is 1.67. The fraction of sp³-hybridized carbons (Fsp3) is 0.630. The molecule has 3 aromatic rings. The minimum absolute atomic E-state index is 0.0310. The van der Waals surface area contributed by atoms with Gasteiger partial charge < -0.3 is 9.72 Å². The van der Waals surface area contributed by atoms with Crippen molar-refractivity contribution in [1.29, 1.82) is 0 Å². The molecule has 196 valence electrons. The highest BCUT2D eigenvalue weighted by atomic mass is 16.5. The third-order valence-electron chi connectivity index (χ3n) is 6.89. The highest BCUT2D eigenvalue weighted by Gasteiger charge is 2.32. The van der Waals surface area contributed by atoms with E-state index in [0.717, 1.165) is 68.1 Å². The molecular weight excluding hydrogens is 454 g/mol. The van der Waals surface area contributed by atoms with E-state index in [-0.39, 0.29) is 23.1 Å². The van der Waals surface area contributed by atoms with Gasteiger partial charge in [-0.05, 0) is 80.6 Å². The summed E-state index contributed by atoms with van der Waals surface area (Å²) in [5.41, 5.74) is 2.52. The molecule has 0 saturated carbocycles. The Morgan fingerprint density at radius 2 is 1.92 bits per heavy atom. The first kappa shape index (κ1) is 26.4. The van der Waals surface area contributed by atoms with Gasteiger partial charge in [-0.1, -0.05) is 25.5 Å². The Bertz CT molecular complexity index is 1200. The fourth-order valence-electron chi connectivity index (χ4n) is 5.09. The zero-order valence-corrected chi connectivity index (χ0v) is 22.6. The summed E-state index contributed by atoms with van der Waals surface area (Å²) in [5.74, 6) is 1.10. The summed E-state index contributed by atoms with van der Waals surface area (Å²) in [6.07, 6.45) is 0.991. The topological polar surface area (TPSA) is 92.2 Å². The van der Waals surface area contributed by atoms with Crippen LogP contribution in [0.3, 0.4) is 0 Å². The Morgan fingerprint density at radius 1 is 1.17 bits per heavy atom. The molecule has 1 unspecified atom stereocenters. The standard InChI is InChI=1S/C27H41N7O2/c1-19(2)24(25-29-30-31-34(25)27(4,5)6)33(11-7-10-32-12-14-36-15-13-32)18-22-17-21-16-20(3)8-9-23(21)28-26(22)35/h8-9,16-17,19,24H,7,10-15,18H2,1-6H3,(H,28,35). The van der Waals surface area contributed by atoms with Crippen LogP contribution in [-0.2, 0) is 16.8 Å². The summed E-state index contributed by atoms with van der Waals surface area (Å²) in [4.78, 5) is 21.1. The van der Waals surface area contributed by atoms with Crippen molar-refractivity contribution in [3.63, 3.8) is 0 Å². The molecule has 9 heteroatoms. The summed E-state index contributed by atoms with van der Waals surface area (Å²) in [6, 6.07) is 8.13. The number of hydrogen-bond donors (Lipinski definition) is 1. The second-order valence-electron chi connectivity index (χ2n) is 11.3. The third kappa shape index (κ3) is 6.19. The second kappa shape index (κ2) is 11.2. The van der Waals surface area contributed by atoms with Crippen LogP contribution >= 0.6 is 0 Å². The number of fused-ring (bicyclic) bond motifs is 1. The number of hydrogen-bond acceptors (Lipinski definition) is 7. The number of benzene rings is 1. The molecule has 1 aliphatic heterocycles. The van der Waals surface area contributed by atoms with Crippen LogP contribution < -0.4 is 5.56 Å². The third-order valence-corrected chi connectivity index (χ3v) is 6.89. The Labute approximate surface area is 213 Å². The molecule has 0 amide bonds. The van der Waals surface area contributed by atoms with Gasteiger partial charge in [-0.3, -0.25) is 14.6 Å². The van der Waals surface area contributed by atoms with Gasteiger partial charge in [0.15, 0.2) is 5.82 Å². The first-order valence-corrected chi connectivity index (χ1v) is 13.1. The van der Waals surface area contributed by atoms with E-state index in [9.17, 15) is 4.79 Å². The first-order chi connectivity index (χ1) is 17.1. The van der Waals surface area contributed by atoms with Crippen molar-refractivity contribution < 1.29 is 4.74 Å². The minimum Gasteiger partial charge on any atom is -0.379 e. The molecule has 36 heavy (non-hydrogen) atoms. The van der Waals surface area contributed by atoms with E-state index in [1.165, 1.54) is 5.56 Å². The van der Waals surface area contributed by atoms with Gasteiger partial charge in [0.05, 0.1) is 24.8 Å². The lowest BCUT2D eigenvalue weighted by Gasteiger charge is -2.36. The van der Waals surface area contributed by atoms with E-state index in [0.29, 0.717) is 6.54 Å². The van der Waals surface area contributed by atoms with Gasteiger partial charge >= 0.3 is 0 Å². The lowest BCUT2D eigenvalue weighted by Crippen LogP contribution is -2.41. The molecule has 0 aliphatic carbocycles. The van der Waals surface area contributed by atoms with Crippen LogP contribution in [0, 0.1) is 12.8 Å². The smallest absolute Gasteiger partial charge is 0.252 e. The van der Waals surface area contributed by atoms with E-state index in [1.54, 1.807) is 0 Å². The molecule has 1 fully saturated rings. The number of morpholine rings is 1. The summed E-state index contributed by atoms with van der Waals surface area (Å²) in [7, 11) is 0. The number of ether oxygens (including phenoxy) is 1. The van der Waals surface area contributed by atoms with E-state index in [2.05, 4.69) is 77.9 Å². The van der Waals surface area contributed by atoms with Gasteiger partial charge in [-0.15, -0.1) is 5.10 Å². The highest BCUT2D eigenvalue weighted by Crippen LogP contribution is 2.31. The average Bonchev–Trinajstić information content (AvgIpc) is 3.30. The van der Waals surface area contributed by atoms with Gasteiger partial charge in [-0.25, -0.2) is 4.68 Å². The molecule has 9 nitrogen and oxygen atoms in total. The summed E-state index contributed by atoms with van der Waals surface area (Å²) in [6.45, 7) is 18.7. The Hall–Kier alpha value is -2.62.